The summed E-state index contributed by atoms with van der Waals surface area (Å²) in [7, 11) is 0. The average molecular weight is 688 g/mol. The van der Waals surface area contributed by atoms with Crippen LogP contribution in [0.1, 0.15) is 52.4 Å². The van der Waals surface area contributed by atoms with Crippen LogP contribution in [-0.4, -0.2) is 64.2 Å². The zero-order valence-corrected chi connectivity index (χ0v) is 22.1. The molecule has 2 aliphatic rings. The van der Waals surface area contributed by atoms with Crippen LogP contribution in [0, 0.1) is 0 Å². The van der Waals surface area contributed by atoms with Crippen molar-refractivity contribution < 1.29 is 43.7 Å². The molecule has 0 spiro atoms. The maximum atomic E-state index is 12.6. The van der Waals surface area contributed by atoms with Gasteiger partial charge in [0.1, 0.15) is 0 Å². The highest BCUT2D eigenvalue weighted by atomic mass is 127. The number of aliphatic carboxylic acids is 2. The molecule has 33 heavy (non-hydrogen) atoms. The van der Waals surface area contributed by atoms with E-state index >= 15 is 0 Å². The molecule has 0 saturated carbocycles. The van der Waals surface area contributed by atoms with Gasteiger partial charge >= 0.3 is 23.9 Å². The molecule has 0 fully saturated rings. The second kappa shape index (κ2) is 11.4. The van der Waals surface area contributed by atoms with Gasteiger partial charge in [0.25, 0.3) is 0 Å². The van der Waals surface area contributed by atoms with Crippen LogP contribution in [0.15, 0.2) is 22.3 Å². The molecule has 2 amide bonds. The minimum Gasteiger partial charge on any atom is -0.478 e. The molecule has 11 nitrogen and oxygen atoms in total. The third-order valence-corrected chi connectivity index (χ3v) is 8.43. The summed E-state index contributed by atoms with van der Waals surface area (Å²) in [6.45, 7) is 2.68. The molecule has 0 radical (unpaired) electrons. The van der Waals surface area contributed by atoms with Gasteiger partial charge in [-0.05, 0) is 25.7 Å². The molecule has 0 saturated heterocycles. The summed E-state index contributed by atoms with van der Waals surface area (Å²) in [6, 6.07) is -0.842. The first-order valence-corrected chi connectivity index (χ1v) is 11.9. The van der Waals surface area contributed by atoms with Gasteiger partial charge in [-0.1, -0.05) is 0 Å². The van der Waals surface area contributed by atoms with Crippen LogP contribution in [-0.2, 0) is 33.5 Å². The second-order valence-corrected chi connectivity index (χ2v) is 9.73. The summed E-state index contributed by atoms with van der Waals surface area (Å²) < 4.78 is 7.63. The quantitative estimate of drug-likeness (QED) is 0.185. The Morgan fingerprint density at radius 2 is 1.06 bits per heavy atom. The predicted octanol–water partition coefficient (Wildman–Crippen LogP) is 2.32. The number of hydrogen-bond acceptors (Lipinski definition) is 7. The molecule has 0 aliphatic heterocycles. The second-order valence-electron chi connectivity index (χ2n) is 7.66. The third-order valence-electron chi connectivity index (χ3n) is 5.50. The summed E-state index contributed by atoms with van der Waals surface area (Å²) in [6.07, 6.45) is 0.412. The van der Waals surface area contributed by atoms with Crippen molar-refractivity contribution in [2.75, 3.05) is 0 Å². The lowest BCUT2D eigenvalue weighted by Gasteiger charge is -2.30. The Balaban J connectivity index is 2.25. The van der Waals surface area contributed by atoms with Crippen LogP contribution in [0.3, 0.4) is 0 Å². The van der Waals surface area contributed by atoms with Crippen LogP contribution in [0.5, 0.6) is 0 Å². The topological polar surface area (TPSA) is 159 Å². The van der Waals surface area contributed by atoms with Crippen LogP contribution < -0.4 is 0 Å². The molecule has 2 rings (SSSR count). The van der Waals surface area contributed by atoms with Crippen LogP contribution >= 0.6 is 45.7 Å². The standard InChI is InChI=1S/C20H22I2N2O9/c1-9(25)23(21)11-3-5-13(15(7-11)17(27)28)19(31)33-20(32)14-6-4-12(24(22)10(2)26)8-16(14)18(29)30/h11-12H,3-8H2,1-2H3,(H,27,28)(H,29,30). The molecule has 2 N–H and O–H groups in total. The number of carboxylic acids is 2. The Labute approximate surface area is 217 Å². The molecule has 2 aliphatic carbocycles. The third kappa shape index (κ3) is 6.51. The fraction of sp³-hybridized carbons (Fsp3) is 0.500. The zero-order chi connectivity index (χ0) is 25.0. The number of amides is 2. The van der Waals surface area contributed by atoms with Gasteiger partial charge in [0.05, 0.1) is 45.7 Å². The highest BCUT2D eigenvalue weighted by Gasteiger charge is 2.36. The Morgan fingerprint density at radius 3 is 1.33 bits per heavy atom. The number of nitrogens with zero attached hydrogens (tertiary/aromatic N) is 2. The number of carbonyl (C=O) groups excluding carboxylic acids is 4. The van der Waals surface area contributed by atoms with E-state index in [1.54, 1.807) is 45.7 Å². The van der Waals surface area contributed by atoms with E-state index in [2.05, 4.69) is 0 Å². The minimum absolute atomic E-state index is 0.0134. The van der Waals surface area contributed by atoms with Crippen molar-refractivity contribution in [1.29, 1.82) is 0 Å². The monoisotopic (exact) mass is 688 g/mol. The van der Waals surface area contributed by atoms with Gasteiger partial charge in [-0.3, -0.25) is 15.8 Å². The first-order chi connectivity index (χ1) is 15.3. The molecular formula is C20H22I2N2O9. The highest BCUT2D eigenvalue weighted by Crippen LogP contribution is 2.33. The smallest absolute Gasteiger partial charge is 0.342 e. The summed E-state index contributed by atoms with van der Waals surface area (Å²) >= 11 is 3.57. The van der Waals surface area contributed by atoms with Crippen molar-refractivity contribution in [3.63, 3.8) is 0 Å². The normalized spacial score (nSPS) is 20.7. The number of ether oxygens (including phenoxy) is 1. The van der Waals surface area contributed by atoms with E-state index in [1.807, 2.05) is 0 Å². The van der Waals surface area contributed by atoms with Crippen molar-refractivity contribution in [3.8, 4) is 0 Å². The molecule has 0 heterocycles. The molecule has 2 unspecified atom stereocenters. The highest BCUT2D eigenvalue weighted by molar-refractivity contribution is 14.1. The maximum absolute atomic E-state index is 12.6. The van der Waals surface area contributed by atoms with Crippen molar-refractivity contribution in [2.24, 2.45) is 0 Å². The molecular weight excluding hydrogens is 666 g/mol. The van der Waals surface area contributed by atoms with Crippen molar-refractivity contribution >= 4 is 81.4 Å². The van der Waals surface area contributed by atoms with Crippen LogP contribution in [0.4, 0.5) is 0 Å². The number of rotatable bonds is 6. The Kier molecular flexibility index (Phi) is 9.39. The fourth-order valence-electron chi connectivity index (χ4n) is 3.84. The first kappa shape index (κ1) is 27.2. The van der Waals surface area contributed by atoms with Gasteiger partial charge in [0, 0.05) is 61.1 Å². The summed E-state index contributed by atoms with van der Waals surface area (Å²) in [5, 5.41) is 19.1. The molecule has 2 atom stereocenters. The lowest BCUT2D eigenvalue weighted by Crippen LogP contribution is -2.36. The molecule has 13 heteroatoms. The Morgan fingerprint density at radius 1 is 0.727 bits per heavy atom. The maximum Gasteiger partial charge on any atom is 0.342 e. The van der Waals surface area contributed by atoms with E-state index in [4.69, 9.17) is 4.74 Å². The van der Waals surface area contributed by atoms with E-state index in [9.17, 15) is 39.0 Å². The van der Waals surface area contributed by atoms with E-state index < -0.39 is 36.0 Å². The minimum atomic E-state index is -1.36. The number of carbonyl (C=O) groups is 6. The fourth-order valence-corrected chi connectivity index (χ4v) is 4.79. The van der Waals surface area contributed by atoms with Crippen LogP contribution in [0.2, 0.25) is 0 Å². The van der Waals surface area contributed by atoms with E-state index in [0.717, 1.165) is 0 Å². The number of halogens is 2. The lowest BCUT2D eigenvalue weighted by molar-refractivity contribution is -0.155. The zero-order valence-electron chi connectivity index (χ0n) is 17.8. The summed E-state index contributed by atoms with van der Waals surface area (Å²) in [5.74, 6) is -5.51. The van der Waals surface area contributed by atoms with Crippen LogP contribution in [0.25, 0.3) is 0 Å². The van der Waals surface area contributed by atoms with Crippen molar-refractivity contribution in [3.05, 3.63) is 22.3 Å². The van der Waals surface area contributed by atoms with E-state index in [1.165, 1.54) is 20.1 Å². The Hall–Kier alpha value is -2.04. The molecule has 0 bridgehead atoms. The van der Waals surface area contributed by atoms with E-state index in [0.29, 0.717) is 12.8 Å². The molecule has 0 aromatic carbocycles. The van der Waals surface area contributed by atoms with Crippen molar-refractivity contribution in [1.82, 2.24) is 6.23 Å². The number of hydrogen-bond donors (Lipinski definition) is 2. The Bertz CT molecular complexity index is 897. The lowest BCUT2D eigenvalue weighted by atomic mass is 9.87. The van der Waals surface area contributed by atoms with Gasteiger partial charge in [-0.15, -0.1) is 0 Å². The SMILES string of the molecule is CC(=O)N(I)C1CCC(C(=O)OC(=O)C2=C(C(=O)O)CC(N(I)C(C)=O)CC2)=C(C(=O)O)C1. The van der Waals surface area contributed by atoms with E-state index in [-0.39, 0.29) is 59.8 Å². The predicted molar refractivity (Wildman–Crippen MR) is 129 cm³/mol. The number of esters is 2. The summed E-state index contributed by atoms with van der Waals surface area (Å²) in [4.78, 5) is 71.9. The van der Waals surface area contributed by atoms with Gasteiger partial charge < -0.3 is 14.9 Å². The van der Waals surface area contributed by atoms with Gasteiger partial charge in [0.2, 0.25) is 11.8 Å². The molecule has 180 valence electrons. The van der Waals surface area contributed by atoms with Gasteiger partial charge in [-0.2, -0.15) is 0 Å². The summed E-state index contributed by atoms with van der Waals surface area (Å²) in [5.41, 5.74) is -0.849. The number of carboxylic acid groups (broad SMARTS) is 2. The first-order valence-electron chi connectivity index (χ1n) is 9.93. The van der Waals surface area contributed by atoms with Gasteiger partial charge in [-0.25, -0.2) is 19.2 Å². The average Bonchev–Trinajstić information content (AvgIpc) is 2.76. The van der Waals surface area contributed by atoms with Crippen molar-refractivity contribution in [2.45, 2.75) is 64.5 Å². The molecule has 0 aromatic heterocycles. The molecule has 0 aromatic rings. The van der Waals surface area contributed by atoms with Gasteiger partial charge in [0.15, 0.2) is 0 Å². The largest absolute Gasteiger partial charge is 0.478 e.